The number of nitrogens with one attached hydrogen (secondary N) is 2. The normalized spacial score (nSPS) is 12.6. The topological polar surface area (TPSA) is 122 Å². The predicted molar refractivity (Wildman–Crippen MR) is 101 cm³/mol. The van der Waals surface area contributed by atoms with Crippen molar-refractivity contribution in [3.8, 4) is 11.6 Å². The number of nitrogens with two attached hydrogens (primary N) is 1. The summed E-state index contributed by atoms with van der Waals surface area (Å²) in [5, 5.41) is 6.17. The number of aromatic nitrogens is 3. The van der Waals surface area contributed by atoms with Gasteiger partial charge in [0.2, 0.25) is 5.89 Å². The Labute approximate surface area is 155 Å². The summed E-state index contributed by atoms with van der Waals surface area (Å²) in [6.07, 6.45) is 2.95. The molecular weight excluding hydrogens is 346 g/mol. The number of nitrogens with zero attached hydrogens (tertiary/aromatic N) is 4. The van der Waals surface area contributed by atoms with Crippen LogP contribution in [-0.4, -0.2) is 34.6 Å². The number of oxazole rings is 1. The van der Waals surface area contributed by atoms with Crippen molar-refractivity contribution >= 4 is 23.1 Å². The molecule has 138 valence electrons. The zero-order chi connectivity index (χ0) is 19.0. The van der Waals surface area contributed by atoms with Crippen LogP contribution < -0.4 is 21.3 Å². The zero-order valence-corrected chi connectivity index (χ0v) is 15.0. The molecule has 0 radical (unpaired) electrons. The van der Waals surface area contributed by atoms with Crippen molar-refractivity contribution in [1.82, 2.24) is 20.3 Å². The number of rotatable bonds is 4. The first-order chi connectivity index (χ1) is 13.0. The lowest BCUT2D eigenvalue weighted by Gasteiger charge is -2.16. The highest BCUT2D eigenvalue weighted by molar-refractivity contribution is 5.96. The highest BCUT2D eigenvalue weighted by Gasteiger charge is 2.21. The average Bonchev–Trinajstić information content (AvgIpc) is 3.32. The Morgan fingerprint density at radius 3 is 3.04 bits per heavy atom. The van der Waals surface area contributed by atoms with E-state index in [2.05, 4.69) is 30.5 Å². The van der Waals surface area contributed by atoms with Crippen LogP contribution in [0.15, 0.2) is 35.1 Å². The van der Waals surface area contributed by atoms with Crippen LogP contribution in [0, 0.1) is 6.92 Å². The van der Waals surface area contributed by atoms with Crippen LogP contribution in [0.2, 0.25) is 0 Å². The lowest BCUT2D eigenvalue weighted by Crippen LogP contribution is -2.27. The second-order valence-electron chi connectivity index (χ2n) is 6.26. The maximum Gasteiger partial charge on any atom is 0.273 e. The van der Waals surface area contributed by atoms with Gasteiger partial charge in [-0.15, -0.1) is 0 Å². The van der Waals surface area contributed by atoms with E-state index >= 15 is 0 Å². The third-order valence-corrected chi connectivity index (χ3v) is 4.39. The molecule has 1 aliphatic rings. The van der Waals surface area contributed by atoms with Crippen LogP contribution in [0.3, 0.4) is 0 Å². The largest absolute Gasteiger partial charge is 0.443 e. The highest BCUT2D eigenvalue weighted by atomic mass is 16.3. The Hall–Kier alpha value is -3.62. The number of aryl methyl sites for hydroxylation is 1. The van der Waals surface area contributed by atoms with Crippen LogP contribution in [0.4, 0.5) is 17.2 Å². The Balaban J connectivity index is 1.55. The van der Waals surface area contributed by atoms with E-state index in [0.717, 1.165) is 23.6 Å². The summed E-state index contributed by atoms with van der Waals surface area (Å²) in [4.78, 5) is 27.3. The standard InChI is InChI=1S/C18H19N7O2/c1-10-13(18-20-6-7-27-18)24-16(19)14(23-10)17(26)21-8-11-4-3-5-12-15(11)25(2)9-22-12/h3-7,22H,8-9H2,1-2H3,(H2,19,24)(H,21,26). The molecule has 1 aromatic carbocycles. The Morgan fingerprint density at radius 2 is 2.26 bits per heavy atom. The number of benzene rings is 1. The smallest absolute Gasteiger partial charge is 0.273 e. The van der Waals surface area contributed by atoms with Crippen LogP contribution in [-0.2, 0) is 6.54 Å². The predicted octanol–water partition coefficient (Wildman–Crippen LogP) is 1.77. The van der Waals surface area contributed by atoms with E-state index < -0.39 is 0 Å². The molecule has 0 atom stereocenters. The van der Waals surface area contributed by atoms with Gasteiger partial charge in [0.15, 0.2) is 11.5 Å². The number of amides is 1. The monoisotopic (exact) mass is 365 g/mol. The minimum absolute atomic E-state index is 0.0309. The molecule has 9 nitrogen and oxygen atoms in total. The van der Waals surface area contributed by atoms with Gasteiger partial charge >= 0.3 is 0 Å². The lowest BCUT2D eigenvalue weighted by atomic mass is 10.1. The molecule has 2 aromatic heterocycles. The van der Waals surface area contributed by atoms with Crippen molar-refractivity contribution < 1.29 is 9.21 Å². The first-order valence-corrected chi connectivity index (χ1v) is 8.43. The van der Waals surface area contributed by atoms with Crippen molar-refractivity contribution in [3.63, 3.8) is 0 Å². The molecule has 27 heavy (non-hydrogen) atoms. The molecule has 0 fully saturated rings. The SMILES string of the molecule is Cc1nc(C(=O)NCc2cccc3c2N(C)CN3)c(N)nc1-c1ncco1. The van der Waals surface area contributed by atoms with E-state index in [1.54, 1.807) is 6.92 Å². The third-order valence-electron chi connectivity index (χ3n) is 4.39. The van der Waals surface area contributed by atoms with E-state index in [1.165, 1.54) is 12.5 Å². The van der Waals surface area contributed by atoms with Gasteiger partial charge in [0.05, 0.1) is 29.9 Å². The van der Waals surface area contributed by atoms with Crippen molar-refractivity contribution in [2.24, 2.45) is 0 Å². The van der Waals surface area contributed by atoms with Crippen molar-refractivity contribution in [1.29, 1.82) is 0 Å². The van der Waals surface area contributed by atoms with Gasteiger partial charge in [-0.05, 0) is 18.6 Å². The molecule has 0 bridgehead atoms. The van der Waals surface area contributed by atoms with Crippen LogP contribution in [0.25, 0.3) is 11.6 Å². The summed E-state index contributed by atoms with van der Waals surface area (Å²) in [6, 6.07) is 5.95. The number of hydrogen-bond donors (Lipinski definition) is 3. The fraction of sp³-hybridized carbons (Fsp3) is 0.222. The first-order valence-electron chi connectivity index (χ1n) is 8.43. The van der Waals surface area contributed by atoms with Crippen molar-refractivity contribution in [3.05, 3.63) is 47.6 Å². The van der Waals surface area contributed by atoms with E-state index in [1.807, 2.05) is 25.2 Å². The molecule has 0 spiro atoms. The number of fused-ring (bicyclic) bond motifs is 1. The minimum atomic E-state index is -0.381. The van der Waals surface area contributed by atoms with Gasteiger partial charge in [-0.25, -0.2) is 15.0 Å². The van der Waals surface area contributed by atoms with Crippen LogP contribution in [0.1, 0.15) is 21.7 Å². The molecule has 1 aliphatic heterocycles. The Kier molecular flexibility index (Phi) is 4.11. The first kappa shape index (κ1) is 16.8. The molecular formula is C18H19N7O2. The van der Waals surface area contributed by atoms with Crippen molar-refractivity contribution in [2.75, 3.05) is 29.7 Å². The maximum atomic E-state index is 12.6. The molecule has 1 amide bonds. The van der Waals surface area contributed by atoms with Gasteiger partial charge in [0, 0.05) is 13.6 Å². The highest BCUT2D eigenvalue weighted by Crippen LogP contribution is 2.33. The fourth-order valence-corrected chi connectivity index (χ4v) is 3.11. The molecule has 4 N–H and O–H groups in total. The van der Waals surface area contributed by atoms with E-state index in [-0.39, 0.29) is 17.4 Å². The molecule has 3 heterocycles. The molecule has 3 aromatic rings. The number of carbonyl (C=O) groups is 1. The number of para-hydroxylation sites is 1. The number of carbonyl (C=O) groups excluding carboxylic acids is 1. The van der Waals surface area contributed by atoms with E-state index in [4.69, 9.17) is 10.2 Å². The average molecular weight is 365 g/mol. The maximum absolute atomic E-state index is 12.6. The van der Waals surface area contributed by atoms with E-state index in [9.17, 15) is 4.79 Å². The quantitative estimate of drug-likeness (QED) is 0.639. The summed E-state index contributed by atoms with van der Waals surface area (Å²) in [5.74, 6) is -0.0364. The van der Waals surface area contributed by atoms with E-state index in [0.29, 0.717) is 23.8 Å². The number of anilines is 3. The van der Waals surface area contributed by atoms with Crippen LogP contribution >= 0.6 is 0 Å². The molecule has 4 rings (SSSR count). The number of hydrogen-bond acceptors (Lipinski definition) is 8. The molecule has 0 unspecified atom stereocenters. The van der Waals surface area contributed by atoms with Gasteiger partial charge in [-0.2, -0.15) is 0 Å². The van der Waals surface area contributed by atoms with Gasteiger partial charge in [0.25, 0.3) is 5.91 Å². The Bertz CT molecular complexity index is 1000. The summed E-state index contributed by atoms with van der Waals surface area (Å²) >= 11 is 0. The number of nitrogen functional groups attached to an aromatic ring is 1. The molecule has 0 aliphatic carbocycles. The summed E-state index contributed by atoms with van der Waals surface area (Å²) in [5.41, 5.74) is 10.1. The second-order valence-corrected chi connectivity index (χ2v) is 6.26. The zero-order valence-electron chi connectivity index (χ0n) is 15.0. The second kappa shape index (κ2) is 6.60. The summed E-state index contributed by atoms with van der Waals surface area (Å²) in [6.45, 7) is 2.82. The lowest BCUT2D eigenvalue weighted by molar-refractivity contribution is 0.0946. The molecule has 9 heteroatoms. The van der Waals surface area contributed by atoms with Gasteiger partial charge in [-0.1, -0.05) is 12.1 Å². The minimum Gasteiger partial charge on any atom is -0.443 e. The van der Waals surface area contributed by atoms with Gasteiger partial charge < -0.3 is 25.7 Å². The summed E-state index contributed by atoms with van der Waals surface area (Å²) in [7, 11) is 2.00. The molecule has 0 saturated carbocycles. The van der Waals surface area contributed by atoms with Gasteiger partial charge in [0.1, 0.15) is 12.0 Å². The van der Waals surface area contributed by atoms with Gasteiger partial charge in [-0.3, -0.25) is 4.79 Å². The molecule has 0 saturated heterocycles. The van der Waals surface area contributed by atoms with Crippen LogP contribution in [0.5, 0.6) is 0 Å². The third kappa shape index (κ3) is 3.03. The van der Waals surface area contributed by atoms with Crippen molar-refractivity contribution in [2.45, 2.75) is 13.5 Å². The fourth-order valence-electron chi connectivity index (χ4n) is 3.11. The summed E-state index contributed by atoms with van der Waals surface area (Å²) < 4.78 is 5.23. The Morgan fingerprint density at radius 1 is 1.41 bits per heavy atom.